The average molecular weight is 555 g/mol. The highest BCUT2D eigenvalue weighted by Gasteiger charge is 2.65. The van der Waals surface area contributed by atoms with Gasteiger partial charge in [0.1, 0.15) is 5.75 Å². The van der Waals surface area contributed by atoms with Crippen LogP contribution in [0.15, 0.2) is 85.5 Å². The Balaban J connectivity index is 1.65. The van der Waals surface area contributed by atoms with E-state index in [1.165, 1.54) is 0 Å². The average Bonchev–Trinajstić information content (AvgIpc) is 3.41. The molecule has 214 valence electrons. The van der Waals surface area contributed by atoms with E-state index in [1.807, 2.05) is 60.7 Å². The Hall–Kier alpha value is -3.94. The molecule has 1 spiro atoms. The molecule has 0 saturated carbocycles. The quantitative estimate of drug-likeness (QED) is 0.256. The van der Waals surface area contributed by atoms with Crippen LogP contribution in [0.3, 0.4) is 0 Å². The zero-order chi connectivity index (χ0) is 29.4. The maximum atomic E-state index is 14.4. The number of rotatable bonds is 10. The van der Waals surface area contributed by atoms with Gasteiger partial charge in [-0.1, -0.05) is 57.2 Å². The zero-order valence-electron chi connectivity index (χ0n) is 24.1. The first-order valence-corrected chi connectivity index (χ1v) is 14.0. The Morgan fingerprint density at radius 1 is 1.10 bits per heavy atom. The first-order chi connectivity index (χ1) is 19.7. The lowest BCUT2D eigenvalue weighted by atomic mass is 9.63. The number of carbonyl (C=O) groups is 2. The van der Waals surface area contributed by atoms with Crippen molar-refractivity contribution in [2.75, 3.05) is 30.1 Å². The van der Waals surface area contributed by atoms with E-state index in [0.29, 0.717) is 18.7 Å². The smallest absolute Gasteiger partial charge is 0.264 e. The van der Waals surface area contributed by atoms with Crippen molar-refractivity contribution in [3.05, 3.63) is 96.6 Å². The van der Waals surface area contributed by atoms with Crippen LogP contribution >= 0.6 is 0 Å². The van der Waals surface area contributed by atoms with Crippen molar-refractivity contribution in [1.82, 2.24) is 0 Å². The van der Waals surface area contributed by atoms with Crippen LogP contribution < -0.4 is 14.5 Å². The van der Waals surface area contributed by atoms with Gasteiger partial charge in [0.25, 0.3) is 5.91 Å². The van der Waals surface area contributed by atoms with Crippen molar-refractivity contribution >= 4 is 29.4 Å². The number of anilines is 3. The minimum Gasteiger partial charge on any atom is -0.497 e. The van der Waals surface area contributed by atoms with E-state index in [1.54, 1.807) is 23.0 Å². The van der Waals surface area contributed by atoms with Crippen LogP contribution in [0.1, 0.15) is 38.3 Å². The van der Waals surface area contributed by atoms with Gasteiger partial charge in [0.05, 0.1) is 18.9 Å². The summed E-state index contributed by atoms with van der Waals surface area (Å²) in [5, 5.41) is 10.1. The van der Waals surface area contributed by atoms with E-state index in [-0.39, 0.29) is 30.5 Å². The van der Waals surface area contributed by atoms with Gasteiger partial charge in [-0.05, 0) is 59.9 Å². The molecular formula is C34H38N2O5. The number of aliphatic hydroxyl groups excluding tert-OH is 1. The zero-order valence-corrected chi connectivity index (χ0v) is 24.1. The second kappa shape index (κ2) is 11.1. The molecule has 1 fully saturated rings. The number of hydrogen-bond acceptors (Lipinski definition) is 5. The summed E-state index contributed by atoms with van der Waals surface area (Å²) in [7, 11) is 1.64. The largest absolute Gasteiger partial charge is 0.497 e. The summed E-state index contributed by atoms with van der Waals surface area (Å²) in [5.74, 6) is 0.261. The second-order valence-electron chi connectivity index (χ2n) is 11.4. The Morgan fingerprint density at radius 3 is 2.41 bits per heavy atom. The molecule has 2 heterocycles. The number of ether oxygens (including phenoxy) is 2. The number of fused-ring (bicyclic) bond motifs is 2. The van der Waals surface area contributed by atoms with Gasteiger partial charge in [-0.15, -0.1) is 6.58 Å². The fraction of sp³-hybridized carbons (Fsp3) is 0.353. The number of hydrogen-bond donors (Lipinski definition) is 1. The standard InChI is InChI=1S/C34H38N2O5/c1-6-19-35-29-17-14-26(36(22-38)25-10-8-7-9-11-25)21-28(29)34(32(35)39)23(2)31(30(41-34)18-20-37)33(3,4)24-12-15-27(40-5)16-13-24/h6-17,21-23,30-31,37H,1,18-20H2,2-5H3/t23-,30+,31-,34+/m1/s1. The minimum absolute atomic E-state index is 0.0625. The van der Waals surface area contributed by atoms with Gasteiger partial charge < -0.3 is 19.5 Å². The lowest BCUT2D eigenvalue weighted by Gasteiger charge is -2.38. The predicted molar refractivity (Wildman–Crippen MR) is 161 cm³/mol. The van der Waals surface area contributed by atoms with Crippen molar-refractivity contribution < 1.29 is 24.2 Å². The lowest BCUT2D eigenvalue weighted by Crippen LogP contribution is -2.46. The minimum atomic E-state index is -1.28. The molecule has 1 saturated heterocycles. The van der Waals surface area contributed by atoms with Gasteiger partial charge in [-0.25, -0.2) is 0 Å². The molecule has 0 radical (unpaired) electrons. The number of methoxy groups -OCH3 is 1. The molecule has 0 unspecified atom stereocenters. The first kappa shape index (κ1) is 28.6. The molecule has 2 amide bonds. The molecule has 1 N–H and O–H groups in total. The summed E-state index contributed by atoms with van der Waals surface area (Å²) in [6.07, 6.45) is 2.50. The molecule has 2 aliphatic rings. The third kappa shape index (κ3) is 4.53. The SMILES string of the molecule is C=CCN1C(=O)[C@@]2(O[C@@H](CCO)[C@H](C(C)(C)c3ccc(OC)cc3)[C@H]2C)c2cc(N(C=O)c3ccccc3)ccc21. The molecule has 5 rings (SSSR count). The Bertz CT molecular complexity index is 1420. The fourth-order valence-electron chi connectivity index (χ4n) is 7.02. The Labute approximate surface area is 242 Å². The van der Waals surface area contributed by atoms with Gasteiger partial charge >= 0.3 is 0 Å². The van der Waals surface area contributed by atoms with E-state index < -0.39 is 11.0 Å². The number of benzene rings is 3. The van der Waals surface area contributed by atoms with Gasteiger partial charge in [0, 0.05) is 41.9 Å². The summed E-state index contributed by atoms with van der Waals surface area (Å²) in [6, 6.07) is 23.0. The van der Waals surface area contributed by atoms with E-state index >= 15 is 0 Å². The van der Waals surface area contributed by atoms with Crippen molar-refractivity contribution in [2.45, 2.75) is 44.3 Å². The number of nitrogens with zero attached hydrogens (tertiary/aromatic N) is 2. The predicted octanol–water partition coefficient (Wildman–Crippen LogP) is 5.73. The molecule has 0 bridgehead atoms. The van der Waals surface area contributed by atoms with E-state index in [4.69, 9.17) is 9.47 Å². The van der Waals surface area contributed by atoms with Crippen molar-refractivity contribution in [2.24, 2.45) is 11.8 Å². The van der Waals surface area contributed by atoms with Gasteiger partial charge in [0.2, 0.25) is 6.41 Å². The van der Waals surface area contributed by atoms with Gasteiger partial charge in [0.15, 0.2) is 5.60 Å². The van der Waals surface area contributed by atoms with E-state index in [2.05, 4.69) is 39.5 Å². The molecule has 0 aromatic heterocycles. The van der Waals surface area contributed by atoms with E-state index in [9.17, 15) is 14.7 Å². The topological polar surface area (TPSA) is 79.3 Å². The first-order valence-electron chi connectivity index (χ1n) is 14.0. The van der Waals surface area contributed by atoms with Gasteiger partial charge in [-0.3, -0.25) is 14.5 Å². The fourth-order valence-corrected chi connectivity index (χ4v) is 7.02. The molecule has 4 atom stereocenters. The van der Waals surface area contributed by atoms with Crippen LogP contribution in [-0.4, -0.2) is 43.8 Å². The molecule has 41 heavy (non-hydrogen) atoms. The maximum Gasteiger partial charge on any atom is 0.264 e. The molecule has 3 aromatic rings. The summed E-state index contributed by atoms with van der Waals surface area (Å²) in [5.41, 5.74) is 2.25. The highest BCUT2D eigenvalue weighted by atomic mass is 16.5. The molecular weight excluding hydrogens is 516 g/mol. The number of aliphatic hydroxyl groups is 1. The third-order valence-corrected chi connectivity index (χ3v) is 8.96. The van der Waals surface area contributed by atoms with Crippen molar-refractivity contribution in [3.8, 4) is 5.75 Å². The molecule has 3 aromatic carbocycles. The molecule has 0 aliphatic carbocycles. The molecule has 2 aliphatic heterocycles. The summed E-state index contributed by atoms with van der Waals surface area (Å²) < 4.78 is 12.3. The molecule has 7 nitrogen and oxygen atoms in total. The third-order valence-electron chi connectivity index (χ3n) is 8.96. The highest BCUT2D eigenvalue weighted by Crippen LogP contribution is 2.60. The van der Waals surface area contributed by atoms with Crippen LogP contribution in [0.5, 0.6) is 5.75 Å². The summed E-state index contributed by atoms with van der Waals surface area (Å²) >= 11 is 0. The number of para-hydroxylation sites is 1. The lowest BCUT2D eigenvalue weighted by molar-refractivity contribution is -0.146. The van der Waals surface area contributed by atoms with Gasteiger partial charge in [-0.2, -0.15) is 0 Å². The van der Waals surface area contributed by atoms with Crippen LogP contribution in [0.25, 0.3) is 0 Å². The van der Waals surface area contributed by atoms with Crippen LogP contribution in [-0.2, 0) is 25.3 Å². The van der Waals surface area contributed by atoms with Crippen molar-refractivity contribution in [3.63, 3.8) is 0 Å². The monoisotopic (exact) mass is 554 g/mol. The number of carbonyl (C=O) groups excluding carboxylic acids is 2. The Kier molecular flexibility index (Phi) is 7.77. The number of amides is 2. The van der Waals surface area contributed by atoms with Crippen LogP contribution in [0, 0.1) is 11.8 Å². The highest BCUT2D eigenvalue weighted by molar-refractivity contribution is 6.08. The van der Waals surface area contributed by atoms with Crippen LogP contribution in [0.4, 0.5) is 17.1 Å². The summed E-state index contributed by atoms with van der Waals surface area (Å²) in [6.45, 7) is 10.6. The van der Waals surface area contributed by atoms with Crippen LogP contribution in [0.2, 0.25) is 0 Å². The second-order valence-corrected chi connectivity index (χ2v) is 11.4. The summed E-state index contributed by atoms with van der Waals surface area (Å²) in [4.78, 5) is 30.0. The van der Waals surface area contributed by atoms with Crippen molar-refractivity contribution in [1.29, 1.82) is 0 Å². The maximum absolute atomic E-state index is 14.4. The Morgan fingerprint density at radius 2 is 1.80 bits per heavy atom. The normalized spacial score (nSPS) is 23.5. The molecule has 7 heteroatoms. The van der Waals surface area contributed by atoms with E-state index in [0.717, 1.165) is 34.7 Å².